The Hall–Kier alpha value is -2.14. The molecule has 0 N–H and O–H groups in total. The van der Waals surface area contributed by atoms with Gasteiger partial charge in [-0.3, -0.25) is 9.36 Å². The lowest BCUT2D eigenvalue weighted by atomic mass is 9.97. The molecule has 3 aromatic rings. The standard InChI is InChI=1S/C22H27N3OS/c1-22(2,3)15-25-19-11-10-18(23-20(19)27-21(25)26)16-8-7-9-17(14-16)24-12-5-4-6-13-24/h7-11,14H,4-6,12-13,15H2,1-3H3. The second kappa shape index (κ2) is 7.12. The summed E-state index contributed by atoms with van der Waals surface area (Å²) in [6.07, 6.45) is 3.87. The molecule has 5 heteroatoms. The van der Waals surface area contributed by atoms with Crippen LogP contribution < -0.4 is 9.77 Å². The number of aromatic nitrogens is 2. The zero-order valence-electron chi connectivity index (χ0n) is 16.4. The van der Waals surface area contributed by atoms with E-state index in [1.165, 1.54) is 36.3 Å². The lowest BCUT2D eigenvalue weighted by Gasteiger charge is -2.29. The van der Waals surface area contributed by atoms with Crippen molar-refractivity contribution in [1.82, 2.24) is 9.55 Å². The second-order valence-electron chi connectivity index (χ2n) is 8.63. The van der Waals surface area contributed by atoms with Gasteiger partial charge in [-0.1, -0.05) is 44.2 Å². The van der Waals surface area contributed by atoms with Crippen LogP contribution in [0.4, 0.5) is 5.69 Å². The van der Waals surface area contributed by atoms with Gasteiger partial charge in [-0.15, -0.1) is 0 Å². The van der Waals surface area contributed by atoms with Crippen LogP contribution in [0.25, 0.3) is 21.6 Å². The lowest BCUT2D eigenvalue weighted by molar-refractivity contribution is 0.346. The van der Waals surface area contributed by atoms with Crippen molar-refractivity contribution in [2.24, 2.45) is 5.41 Å². The first-order valence-corrected chi connectivity index (χ1v) is 10.6. The van der Waals surface area contributed by atoms with Gasteiger partial charge in [-0.2, -0.15) is 0 Å². The number of piperidine rings is 1. The Kier molecular flexibility index (Phi) is 4.81. The Labute approximate surface area is 164 Å². The third kappa shape index (κ3) is 3.93. The summed E-state index contributed by atoms with van der Waals surface area (Å²) in [6, 6.07) is 12.7. The monoisotopic (exact) mass is 381 g/mol. The van der Waals surface area contributed by atoms with Crippen molar-refractivity contribution in [2.45, 2.75) is 46.6 Å². The van der Waals surface area contributed by atoms with Gasteiger partial charge in [0.2, 0.25) is 0 Å². The molecule has 0 spiro atoms. The molecule has 0 atom stereocenters. The average molecular weight is 382 g/mol. The predicted molar refractivity (Wildman–Crippen MR) is 115 cm³/mol. The van der Waals surface area contributed by atoms with Crippen molar-refractivity contribution in [3.63, 3.8) is 0 Å². The van der Waals surface area contributed by atoms with Crippen molar-refractivity contribution in [2.75, 3.05) is 18.0 Å². The largest absolute Gasteiger partial charge is 0.372 e. The molecule has 27 heavy (non-hydrogen) atoms. The number of rotatable bonds is 3. The highest BCUT2D eigenvalue weighted by Crippen LogP contribution is 2.28. The first-order chi connectivity index (χ1) is 12.9. The summed E-state index contributed by atoms with van der Waals surface area (Å²) >= 11 is 1.25. The maximum atomic E-state index is 12.5. The highest BCUT2D eigenvalue weighted by atomic mass is 32.1. The number of benzene rings is 1. The fraction of sp³-hybridized carbons (Fsp3) is 0.455. The van der Waals surface area contributed by atoms with Crippen LogP contribution in [0.3, 0.4) is 0 Å². The summed E-state index contributed by atoms with van der Waals surface area (Å²) in [5, 5.41) is 0. The van der Waals surface area contributed by atoms with E-state index in [1.54, 1.807) is 0 Å². The summed E-state index contributed by atoms with van der Waals surface area (Å²) in [6.45, 7) is 9.42. The fourth-order valence-electron chi connectivity index (χ4n) is 3.75. The van der Waals surface area contributed by atoms with Gasteiger partial charge in [-0.25, -0.2) is 4.98 Å². The minimum absolute atomic E-state index is 0.0548. The second-order valence-corrected chi connectivity index (χ2v) is 9.57. The first-order valence-electron chi connectivity index (χ1n) is 9.76. The van der Waals surface area contributed by atoms with Crippen LogP contribution in [-0.2, 0) is 6.54 Å². The summed E-state index contributed by atoms with van der Waals surface area (Å²) in [5.74, 6) is 0. The van der Waals surface area contributed by atoms with Gasteiger partial charge in [0, 0.05) is 30.9 Å². The maximum Gasteiger partial charge on any atom is 0.309 e. The summed E-state index contributed by atoms with van der Waals surface area (Å²) in [4.78, 5) is 20.6. The molecule has 1 aromatic carbocycles. The molecule has 4 rings (SSSR count). The van der Waals surface area contributed by atoms with E-state index >= 15 is 0 Å². The van der Waals surface area contributed by atoms with Gasteiger partial charge >= 0.3 is 4.87 Å². The predicted octanol–water partition coefficient (Wildman–Crippen LogP) is 5.16. The van der Waals surface area contributed by atoms with E-state index in [0.717, 1.165) is 34.7 Å². The Balaban J connectivity index is 1.69. The number of thiazole rings is 1. The fourth-order valence-corrected chi connectivity index (χ4v) is 4.61. The maximum absolute atomic E-state index is 12.5. The molecule has 0 amide bonds. The van der Waals surface area contributed by atoms with E-state index in [1.807, 2.05) is 10.6 Å². The summed E-state index contributed by atoms with van der Waals surface area (Å²) in [5.41, 5.74) is 4.32. The molecule has 2 aromatic heterocycles. The number of fused-ring (bicyclic) bond motifs is 1. The van der Waals surface area contributed by atoms with Gasteiger partial charge in [-0.05, 0) is 48.9 Å². The van der Waals surface area contributed by atoms with Crippen LogP contribution in [0.5, 0.6) is 0 Å². The molecular weight excluding hydrogens is 354 g/mol. The normalized spacial score (nSPS) is 15.4. The van der Waals surface area contributed by atoms with Gasteiger partial charge in [0.25, 0.3) is 0 Å². The lowest BCUT2D eigenvalue weighted by Crippen LogP contribution is -2.29. The average Bonchev–Trinajstić information content (AvgIpc) is 2.96. The first kappa shape index (κ1) is 18.2. The highest BCUT2D eigenvalue weighted by Gasteiger charge is 2.17. The number of anilines is 1. The Morgan fingerprint density at radius 1 is 1.07 bits per heavy atom. The van der Waals surface area contributed by atoms with E-state index in [2.05, 4.69) is 56.0 Å². The third-order valence-corrected chi connectivity index (χ3v) is 5.92. The molecule has 1 saturated heterocycles. The molecular formula is C22H27N3OS. The van der Waals surface area contributed by atoms with Crippen LogP contribution >= 0.6 is 11.3 Å². The van der Waals surface area contributed by atoms with Crippen LogP contribution in [0.1, 0.15) is 40.0 Å². The molecule has 0 radical (unpaired) electrons. The number of nitrogens with zero attached hydrogens (tertiary/aromatic N) is 3. The van der Waals surface area contributed by atoms with E-state index in [4.69, 9.17) is 4.98 Å². The molecule has 1 aliphatic rings. The Morgan fingerprint density at radius 2 is 1.85 bits per heavy atom. The molecule has 1 fully saturated rings. The van der Waals surface area contributed by atoms with Crippen LogP contribution in [0.15, 0.2) is 41.2 Å². The SMILES string of the molecule is CC(C)(C)Cn1c(=O)sc2nc(-c3cccc(N4CCCCC4)c3)ccc21. The smallest absolute Gasteiger partial charge is 0.309 e. The summed E-state index contributed by atoms with van der Waals surface area (Å²) < 4.78 is 1.86. The Morgan fingerprint density at radius 3 is 2.59 bits per heavy atom. The van der Waals surface area contributed by atoms with Crippen LogP contribution in [-0.4, -0.2) is 22.6 Å². The molecule has 0 aliphatic carbocycles. The van der Waals surface area contributed by atoms with Gasteiger partial charge in [0.1, 0.15) is 4.83 Å². The minimum atomic E-state index is 0.0548. The van der Waals surface area contributed by atoms with Gasteiger partial charge in [0.15, 0.2) is 0 Å². The highest BCUT2D eigenvalue weighted by molar-refractivity contribution is 7.16. The number of pyridine rings is 1. The zero-order chi connectivity index (χ0) is 19.0. The van der Waals surface area contributed by atoms with Crippen LogP contribution in [0.2, 0.25) is 0 Å². The van der Waals surface area contributed by atoms with Crippen molar-refractivity contribution in [3.05, 3.63) is 46.1 Å². The molecule has 142 valence electrons. The summed E-state index contributed by atoms with van der Waals surface area (Å²) in [7, 11) is 0. The quantitative estimate of drug-likeness (QED) is 0.629. The van der Waals surface area contributed by atoms with Crippen LogP contribution in [0, 0.1) is 5.41 Å². The third-order valence-electron chi connectivity index (χ3n) is 5.03. The molecule has 4 nitrogen and oxygen atoms in total. The van der Waals surface area contributed by atoms with Gasteiger partial charge in [0.05, 0.1) is 11.2 Å². The van der Waals surface area contributed by atoms with E-state index in [0.29, 0.717) is 6.54 Å². The number of hydrogen-bond acceptors (Lipinski definition) is 4. The Bertz CT molecular complexity index is 1010. The van der Waals surface area contributed by atoms with Crippen molar-refractivity contribution in [1.29, 1.82) is 0 Å². The van der Waals surface area contributed by atoms with E-state index in [-0.39, 0.29) is 10.3 Å². The number of hydrogen-bond donors (Lipinski definition) is 0. The molecule has 1 aliphatic heterocycles. The van der Waals surface area contributed by atoms with Crippen molar-refractivity contribution >= 4 is 27.4 Å². The zero-order valence-corrected chi connectivity index (χ0v) is 17.2. The van der Waals surface area contributed by atoms with Crippen molar-refractivity contribution in [3.8, 4) is 11.3 Å². The van der Waals surface area contributed by atoms with Gasteiger partial charge < -0.3 is 4.90 Å². The topological polar surface area (TPSA) is 38.1 Å². The van der Waals surface area contributed by atoms with Crippen molar-refractivity contribution < 1.29 is 0 Å². The molecule has 0 saturated carbocycles. The van der Waals surface area contributed by atoms with E-state index in [9.17, 15) is 4.79 Å². The molecule has 3 heterocycles. The minimum Gasteiger partial charge on any atom is -0.372 e. The van der Waals surface area contributed by atoms with E-state index < -0.39 is 0 Å². The molecule has 0 bridgehead atoms. The molecule has 0 unspecified atom stereocenters.